The van der Waals surface area contributed by atoms with E-state index in [1.807, 2.05) is 37.7 Å². The van der Waals surface area contributed by atoms with Crippen LogP contribution in [0.1, 0.15) is 43.1 Å². The summed E-state index contributed by atoms with van der Waals surface area (Å²) in [5.74, 6) is 0.854. The molecule has 21 heavy (non-hydrogen) atoms. The Morgan fingerprint density at radius 2 is 1.86 bits per heavy atom. The monoisotopic (exact) mass is 309 g/mol. The van der Waals surface area contributed by atoms with Crippen LogP contribution in [0.4, 0.5) is 0 Å². The minimum atomic E-state index is -0.993. The lowest BCUT2D eigenvalue weighted by Gasteiger charge is -2.16. The molecule has 0 aromatic heterocycles. The largest absolute Gasteiger partial charge is 0.480 e. The van der Waals surface area contributed by atoms with Crippen LogP contribution in [0.5, 0.6) is 0 Å². The van der Waals surface area contributed by atoms with Gasteiger partial charge in [0.2, 0.25) is 0 Å². The second kappa shape index (κ2) is 8.72. The van der Waals surface area contributed by atoms with Gasteiger partial charge in [0.1, 0.15) is 6.04 Å². The summed E-state index contributed by atoms with van der Waals surface area (Å²) in [5.41, 5.74) is 1.66. The van der Waals surface area contributed by atoms with Gasteiger partial charge in [-0.3, -0.25) is 4.79 Å². The van der Waals surface area contributed by atoms with Gasteiger partial charge in [0.25, 0.3) is 5.91 Å². The Morgan fingerprint density at radius 1 is 1.24 bits per heavy atom. The lowest BCUT2D eigenvalue weighted by atomic mass is 10.0. The first-order valence-electron chi connectivity index (χ1n) is 7.14. The smallest absolute Gasteiger partial charge is 0.326 e. The number of aliphatic carboxylic acids is 1. The summed E-state index contributed by atoms with van der Waals surface area (Å²) in [6.45, 7) is 5.97. The summed E-state index contributed by atoms with van der Waals surface area (Å²) in [6, 6.07) is 6.48. The number of carbonyl (C=O) groups excluding carboxylic acids is 1. The molecule has 0 fully saturated rings. The summed E-state index contributed by atoms with van der Waals surface area (Å²) in [6.07, 6.45) is 0.423. The van der Waals surface area contributed by atoms with Crippen molar-refractivity contribution in [1.29, 1.82) is 0 Å². The van der Waals surface area contributed by atoms with Crippen LogP contribution in [0.15, 0.2) is 24.3 Å². The van der Waals surface area contributed by atoms with E-state index in [1.165, 1.54) is 0 Å². The zero-order chi connectivity index (χ0) is 15.8. The maximum Gasteiger partial charge on any atom is 0.326 e. The van der Waals surface area contributed by atoms with E-state index in [4.69, 9.17) is 5.11 Å². The lowest BCUT2D eigenvalue weighted by Crippen LogP contribution is -2.41. The molecule has 0 saturated carbocycles. The van der Waals surface area contributed by atoms with E-state index in [0.717, 1.165) is 17.1 Å². The normalized spacial score (nSPS) is 12.2. The summed E-state index contributed by atoms with van der Waals surface area (Å²) < 4.78 is 0. The number of benzene rings is 1. The number of hydrogen-bond acceptors (Lipinski definition) is 3. The summed E-state index contributed by atoms with van der Waals surface area (Å²) in [7, 11) is 0. The molecule has 0 saturated heterocycles. The minimum Gasteiger partial charge on any atom is -0.480 e. The Balaban J connectivity index is 2.67. The van der Waals surface area contributed by atoms with Crippen molar-refractivity contribution < 1.29 is 14.7 Å². The molecule has 1 rings (SSSR count). The predicted octanol–water partition coefficient (Wildman–Crippen LogP) is 3.17. The van der Waals surface area contributed by atoms with Crippen LogP contribution >= 0.6 is 11.8 Å². The number of rotatable bonds is 8. The van der Waals surface area contributed by atoms with E-state index in [1.54, 1.807) is 12.1 Å². The van der Waals surface area contributed by atoms with E-state index < -0.39 is 12.0 Å². The number of carbonyl (C=O) groups is 2. The van der Waals surface area contributed by atoms with Gasteiger partial charge < -0.3 is 10.4 Å². The predicted molar refractivity (Wildman–Crippen MR) is 86.6 cm³/mol. The molecular weight excluding hydrogens is 286 g/mol. The fourth-order valence-electron chi connectivity index (χ4n) is 1.91. The van der Waals surface area contributed by atoms with Gasteiger partial charge >= 0.3 is 5.97 Å². The lowest BCUT2D eigenvalue weighted by molar-refractivity contribution is -0.139. The van der Waals surface area contributed by atoms with Gasteiger partial charge in [-0.15, -0.1) is 0 Å². The molecule has 0 aliphatic heterocycles. The van der Waals surface area contributed by atoms with Crippen molar-refractivity contribution in [3.8, 4) is 0 Å². The molecule has 1 aromatic rings. The minimum absolute atomic E-state index is 0.208. The third kappa shape index (κ3) is 6.21. The van der Waals surface area contributed by atoms with Crippen molar-refractivity contribution in [2.45, 2.75) is 39.0 Å². The SMILES string of the molecule is CCSCc1ccc(C(=O)N[C@@H](CC(C)C)C(=O)O)cc1. The maximum absolute atomic E-state index is 12.1. The molecule has 0 spiro atoms. The quantitative estimate of drug-likeness (QED) is 0.774. The van der Waals surface area contributed by atoms with Crippen molar-refractivity contribution in [1.82, 2.24) is 5.32 Å². The molecular formula is C16H23NO3S. The molecule has 1 aromatic carbocycles. The van der Waals surface area contributed by atoms with Crippen LogP contribution in [-0.2, 0) is 10.5 Å². The molecule has 116 valence electrons. The third-order valence-electron chi connectivity index (χ3n) is 3.00. The molecule has 1 atom stereocenters. The number of amides is 1. The fourth-order valence-corrected chi connectivity index (χ4v) is 2.54. The maximum atomic E-state index is 12.1. The average Bonchev–Trinajstić information content (AvgIpc) is 2.44. The van der Waals surface area contributed by atoms with Crippen LogP contribution in [0, 0.1) is 5.92 Å². The molecule has 0 aliphatic carbocycles. The third-order valence-corrected chi connectivity index (χ3v) is 3.95. The van der Waals surface area contributed by atoms with Gasteiger partial charge in [0.05, 0.1) is 0 Å². The first kappa shape index (κ1) is 17.6. The van der Waals surface area contributed by atoms with E-state index in [2.05, 4.69) is 12.2 Å². The molecule has 1 amide bonds. The van der Waals surface area contributed by atoms with Crippen LogP contribution in [0.3, 0.4) is 0 Å². The van der Waals surface area contributed by atoms with E-state index in [9.17, 15) is 9.59 Å². The highest BCUT2D eigenvalue weighted by atomic mass is 32.2. The molecule has 0 heterocycles. The summed E-state index contributed by atoms with van der Waals surface area (Å²) in [5, 5.41) is 11.7. The molecule has 0 bridgehead atoms. The molecule has 2 N–H and O–H groups in total. The van der Waals surface area contributed by atoms with Gasteiger partial charge in [-0.25, -0.2) is 4.79 Å². The van der Waals surface area contributed by atoms with Crippen LogP contribution < -0.4 is 5.32 Å². The highest BCUT2D eigenvalue weighted by Crippen LogP contribution is 2.13. The van der Waals surface area contributed by atoms with E-state index in [0.29, 0.717) is 12.0 Å². The number of nitrogens with one attached hydrogen (secondary N) is 1. The zero-order valence-electron chi connectivity index (χ0n) is 12.8. The first-order valence-corrected chi connectivity index (χ1v) is 8.29. The Kier molecular flexibility index (Phi) is 7.29. The summed E-state index contributed by atoms with van der Waals surface area (Å²) in [4.78, 5) is 23.2. The van der Waals surface area contributed by atoms with Gasteiger partial charge in [-0.1, -0.05) is 32.9 Å². The Bertz CT molecular complexity index is 471. The van der Waals surface area contributed by atoms with Crippen molar-refractivity contribution in [3.63, 3.8) is 0 Å². The topological polar surface area (TPSA) is 66.4 Å². The number of carboxylic acids is 1. The number of hydrogen-bond donors (Lipinski definition) is 2. The molecule has 0 aliphatic rings. The van der Waals surface area contributed by atoms with Crippen molar-refractivity contribution >= 4 is 23.6 Å². The second-order valence-corrected chi connectivity index (χ2v) is 6.60. The Morgan fingerprint density at radius 3 is 2.33 bits per heavy atom. The van der Waals surface area contributed by atoms with E-state index >= 15 is 0 Å². The first-order chi connectivity index (χ1) is 9.93. The molecule has 0 unspecified atom stereocenters. The zero-order valence-corrected chi connectivity index (χ0v) is 13.6. The number of thioether (sulfide) groups is 1. The van der Waals surface area contributed by atoms with Crippen molar-refractivity contribution in [3.05, 3.63) is 35.4 Å². The summed E-state index contributed by atoms with van der Waals surface area (Å²) >= 11 is 1.82. The standard InChI is InChI=1S/C16H23NO3S/c1-4-21-10-12-5-7-13(8-6-12)15(18)17-14(16(19)20)9-11(2)3/h5-8,11,14H,4,9-10H2,1-3H3,(H,17,18)(H,19,20)/t14-/m0/s1. The average molecular weight is 309 g/mol. The van der Waals surface area contributed by atoms with Crippen LogP contribution in [-0.4, -0.2) is 28.8 Å². The van der Waals surface area contributed by atoms with Gasteiger partial charge in [-0.05, 0) is 35.8 Å². The molecule has 5 heteroatoms. The highest BCUT2D eigenvalue weighted by molar-refractivity contribution is 7.98. The second-order valence-electron chi connectivity index (χ2n) is 5.33. The Hall–Kier alpha value is -1.49. The molecule has 4 nitrogen and oxygen atoms in total. The van der Waals surface area contributed by atoms with E-state index in [-0.39, 0.29) is 11.8 Å². The van der Waals surface area contributed by atoms with Gasteiger partial charge in [-0.2, -0.15) is 11.8 Å². The van der Waals surface area contributed by atoms with Crippen LogP contribution in [0.2, 0.25) is 0 Å². The number of carboxylic acid groups (broad SMARTS) is 1. The fraction of sp³-hybridized carbons (Fsp3) is 0.500. The molecule has 0 radical (unpaired) electrons. The van der Waals surface area contributed by atoms with Gasteiger partial charge in [0, 0.05) is 11.3 Å². The highest BCUT2D eigenvalue weighted by Gasteiger charge is 2.21. The van der Waals surface area contributed by atoms with Crippen LogP contribution in [0.25, 0.3) is 0 Å². The van der Waals surface area contributed by atoms with Crippen molar-refractivity contribution in [2.24, 2.45) is 5.92 Å². The Labute approximate surface area is 130 Å². The van der Waals surface area contributed by atoms with Crippen molar-refractivity contribution in [2.75, 3.05) is 5.75 Å². The van der Waals surface area contributed by atoms with Gasteiger partial charge in [0.15, 0.2) is 0 Å².